The molecule has 0 bridgehead atoms. The van der Waals surface area contributed by atoms with E-state index in [1.165, 1.54) is 4.90 Å². The lowest BCUT2D eigenvalue weighted by Gasteiger charge is -2.29. The molecule has 2 rings (SSSR count). The van der Waals surface area contributed by atoms with Gasteiger partial charge in [-0.1, -0.05) is 59.1 Å². The van der Waals surface area contributed by atoms with Crippen molar-refractivity contribution in [2.75, 3.05) is 0 Å². The molecule has 0 saturated heterocycles. The Kier molecular flexibility index (Phi) is 8.17. The van der Waals surface area contributed by atoms with Crippen molar-refractivity contribution in [1.29, 1.82) is 0 Å². The molecule has 0 unspecified atom stereocenters. The Morgan fingerprint density at radius 1 is 0.964 bits per heavy atom. The number of benzene rings is 2. The van der Waals surface area contributed by atoms with Crippen molar-refractivity contribution in [2.24, 2.45) is 0 Å². The van der Waals surface area contributed by atoms with Crippen molar-refractivity contribution in [3.05, 3.63) is 68.7 Å². The van der Waals surface area contributed by atoms with Crippen LogP contribution in [0.15, 0.2) is 42.5 Å². The number of hydrogen-bond acceptors (Lipinski definition) is 2. The molecule has 0 aliphatic rings. The van der Waals surface area contributed by atoms with Crippen LogP contribution < -0.4 is 5.32 Å². The summed E-state index contributed by atoms with van der Waals surface area (Å²) in [6.07, 6.45) is 0.0975. The van der Waals surface area contributed by atoms with E-state index in [1.54, 1.807) is 37.3 Å². The van der Waals surface area contributed by atoms with E-state index in [0.717, 1.165) is 5.56 Å². The molecule has 0 heterocycles. The first-order chi connectivity index (χ1) is 13.2. The zero-order chi connectivity index (χ0) is 20.8. The smallest absolute Gasteiger partial charge is 0.242 e. The lowest BCUT2D eigenvalue weighted by atomic mass is 10.1. The van der Waals surface area contributed by atoms with E-state index in [0.29, 0.717) is 20.6 Å². The first kappa shape index (κ1) is 22.5. The molecule has 4 nitrogen and oxygen atoms in total. The van der Waals surface area contributed by atoms with Crippen LogP contribution in [0.25, 0.3) is 0 Å². The Morgan fingerprint density at radius 2 is 1.64 bits per heavy atom. The number of rotatable bonds is 7. The molecule has 0 spiro atoms. The highest BCUT2D eigenvalue weighted by Crippen LogP contribution is 2.24. The highest BCUT2D eigenvalue weighted by Gasteiger charge is 2.27. The number of nitrogens with one attached hydrogen (secondary N) is 1. The summed E-state index contributed by atoms with van der Waals surface area (Å²) in [5, 5.41) is 4.21. The van der Waals surface area contributed by atoms with Crippen LogP contribution in [0.4, 0.5) is 0 Å². The summed E-state index contributed by atoms with van der Waals surface area (Å²) in [4.78, 5) is 27.2. The van der Waals surface area contributed by atoms with Crippen molar-refractivity contribution in [3.8, 4) is 0 Å². The Balaban J connectivity index is 2.28. The molecule has 0 radical (unpaired) electrons. The number of hydrogen-bond donors (Lipinski definition) is 1. The Morgan fingerprint density at radius 3 is 2.25 bits per heavy atom. The molecule has 1 N–H and O–H groups in total. The fourth-order valence-electron chi connectivity index (χ4n) is 2.73. The lowest BCUT2D eigenvalue weighted by molar-refractivity contribution is -0.140. The molecule has 28 heavy (non-hydrogen) atoms. The zero-order valence-electron chi connectivity index (χ0n) is 16.0. The van der Waals surface area contributed by atoms with E-state index >= 15 is 0 Å². The van der Waals surface area contributed by atoms with Crippen LogP contribution in [0.1, 0.15) is 31.9 Å². The maximum Gasteiger partial charge on any atom is 0.242 e. The van der Waals surface area contributed by atoms with E-state index in [1.807, 2.05) is 26.0 Å². The molecular formula is C21H23Cl3N2O2. The minimum absolute atomic E-state index is 0.0274. The highest BCUT2D eigenvalue weighted by atomic mass is 35.5. The van der Waals surface area contributed by atoms with Crippen molar-refractivity contribution in [2.45, 2.75) is 45.8 Å². The number of nitrogens with zero attached hydrogens (tertiary/aromatic N) is 1. The van der Waals surface area contributed by atoms with Crippen molar-refractivity contribution in [3.63, 3.8) is 0 Å². The van der Waals surface area contributed by atoms with Crippen LogP contribution in [0.5, 0.6) is 0 Å². The van der Waals surface area contributed by atoms with Gasteiger partial charge in [-0.2, -0.15) is 0 Å². The monoisotopic (exact) mass is 440 g/mol. The van der Waals surface area contributed by atoms with Gasteiger partial charge in [0.2, 0.25) is 11.8 Å². The van der Waals surface area contributed by atoms with Gasteiger partial charge in [0.1, 0.15) is 6.04 Å². The van der Waals surface area contributed by atoms with E-state index in [9.17, 15) is 9.59 Å². The van der Waals surface area contributed by atoms with Crippen molar-refractivity contribution >= 4 is 46.6 Å². The molecule has 7 heteroatoms. The predicted molar refractivity (Wildman–Crippen MR) is 115 cm³/mol. The molecule has 2 amide bonds. The van der Waals surface area contributed by atoms with E-state index in [-0.39, 0.29) is 30.8 Å². The molecule has 0 aliphatic heterocycles. The Bertz CT molecular complexity index is 855. The lowest BCUT2D eigenvalue weighted by Crippen LogP contribution is -2.49. The molecule has 1 atom stereocenters. The van der Waals surface area contributed by atoms with Gasteiger partial charge in [0.25, 0.3) is 0 Å². The second-order valence-electron chi connectivity index (χ2n) is 6.88. The fraction of sp³-hybridized carbons (Fsp3) is 0.333. The van der Waals surface area contributed by atoms with Crippen LogP contribution >= 0.6 is 34.8 Å². The summed E-state index contributed by atoms with van der Waals surface area (Å²) in [7, 11) is 0. The standard InChI is InChI=1S/C21H23Cl3N2O2/c1-13(2)25-21(28)14(3)26(12-15-8-9-18(23)19(24)10-15)20(27)11-16-6-4-5-7-17(16)22/h4-10,13-14H,11-12H2,1-3H3,(H,25,28)/t14-/m0/s1. The van der Waals surface area contributed by atoms with Crippen LogP contribution in [0, 0.1) is 0 Å². The van der Waals surface area contributed by atoms with Crippen LogP contribution in [-0.2, 0) is 22.6 Å². The zero-order valence-corrected chi connectivity index (χ0v) is 18.3. The van der Waals surface area contributed by atoms with Crippen LogP contribution in [0.3, 0.4) is 0 Å². The SMILES string of the molecule is CC(C)NC(=O)[C@H](C)N(Cc1ccc(Cl)c(Cl)c1)C(=O)Cc1ccccc1Cl. The van der Waals surface area contributed by atoms with Gasteiger partial charge >= 0.3 is 0 Å². The van der Waals surface area contributed by atoms with Gasteiger partial charge in [-0.3, -0.25) is 9.59 Å². The predicted octanol–water partition coefficient (Wildman–Crippen LogP) is 5.13. The minimum atomic E-state index is -0.660. The molecule has 0 fully saturated rings. The fourth-order valence-corrected chi connectivity index (χ4v) is 3.25. The molecule has 2 aromatic rings. The molecule has 2 aromatic carbocycles. The van der Waals surface area contributed by atoms with Crippen LogP contribution in [0.2, 0.25) is 15.1 Å². The summed E-state index contributed by atoms with van der Waals surface area (Å²) in [5.41, 5.74) is 1.50. The molecular weight excluding hydrogens is 419 g/mol. The largest absolute Gasteiger partial charge is 0.352 e. The minimum Gasteiger partial charge on any atom is -0.352 e. The van der Waals surface area contributed by atoms with E-state index < -0.39 is 6.04 Å². The van der Waals surface area contributed by atoms with Gasteiger partial charge in [-0.05, 0) is 50.1 Å². The molecule has 0 saturated carbocycles. The molecule has 0 aromatic heterocycles. The quantitative estimate of drug-likeness (QED) is 0.647. The third kappa shape index (κ3) is 6.13. The van der Waals surface area contributed by atoms with Crippen molar-refractivity contribution < 1.29 is 9.59 Å². The third-order valence-corrected chi connectivity index (χ3v) is 5.34. The summed E-state index contributed by atoms with van der Waals surface area (Å²) in [6, 6.07) is 11.7. The summed E-state index contributed by atoms with van der Waals surface area (Å²) in [5.74, 6) is -0.423. The summed E-state index contributed by atoms with van der Waals surface area (Å²) >= 11 is 18.3. The summed E-state index contributed by atoms with van der Waals surface area (Å²) in [6.45, 7) is 5.69. The highest BCUT2D eigenvalue weighted by molar-refractivity contribution is 6.42. The van der Waals surface area contributed by atoms with Gasteiger partial charge in [-0.15, -0.1) is 0 Å². The van der Waals surface area contributed by atoms with Gasteiger partial charge in [0, 0.05) is 17.6 Å². The Labute approximate surface area is 180 Å². The van der Waals surface area contributed by atoms with E-state index in [4.69, 9.17) is 34.8 Å². The van der Waals surface area contributed by atoms with Gasteiger partial charge in [-0.25, -0.2) is 0 Å². The first-order valence-corrected chi connectivity index (χ1v) is 10.1. The average Bonchev–Trinajstić information content (AvgIpc) is 2.63. The van der Waals surface area contributed by atoms with Crippen LogP contribution in [-0.4, -0.2) is 28.8 Å². The van der Waals surface area contributed by atoms with Gasteiger partial charge < -0.3 is 10.2 Å². The number of carbonyl (C=O) groups excluding carboxylic acids is 2. The van der Waals surface area contributed by atoms with Gasteiger partial charge in [0.05, 0.1) is 16.5 Å². The topological polar surface area (TPSA) is 49.4 Å². The molecule has 150 valence electrons. The third-order valence-electron chi connectivity index (χ3n) is 4.23. The maximum atomic E-state index is 13.1. The average molecular weight is 442 g/mol. The maximum absolute atomic E-state index is 13.1. The number of amides is 2. The molecule has 0 aliphatic carbocycles. The van der Waals surface area contributed by atoms with E-state index in [2.05, 4.69) is 5.32 Å². The summed E-state index contributed by atoms with van der Waals surface area (Å²) < 4.78 is 0. The normalized spacial score (nSPS) is 12.0. The number of halogens is 3. The Hall–Kier alpha value is -1.75. The van der Waals surface area contributed by atoms with Gasteiger partial charge in [0.15, 0.2) is 0 Å². The second kappa shape index (κ2) is 10.1. The van der Waals surface area contributed by atoms with Crippen molar-refractivity contribution in [1.82, 2.24) is 10.2 Å². The first-order valence-electron chi connectivity index (χ1n) is 8.96. The number of carbonyl (C=O) groups is 2. The second-order valence-corrected chi connectivity index (χ2v) is 8.10.